The maximum absolute atomic E-state index is 6.06. The molecule has 0 aliphatic carbocycles. The molecule has 2 aromatic heterocycles. The molecule has 0 radical (unpaired) electrons. The molecular formula is C17H19N3. The van der Waals surface area contributed by atoms with Gasteiger partial charge in [-0.1, -0.05) is 30.3 Å². The van der Waals surface area contributed by atoms with E-state index in [1.807, 2.05) is 23.6 Å². The van der Waals surface area contributed by atoms with Gasteiger partial charge in [-0.3, -0.25) is 4.40 Å². The molecular weight excluding hydrogens is 246 g/mol. The fourth-order valence-electron chi connectivity index (χ4n) is 2.61. The van der Waals surface area contributed by atoms with Crippen molar-refractivity contribution in [1.82, 2.24) is 9.38 Å². The van der Waals surface area contributed by atoms with E-state index in [2.05, 4.69) is 42.2 Å². The summed E-state index contributed by atoms with van der Waals surface area (Å²) in [4.78, 5) is 4.62. The van der Waals surface area contributed by atoms with Gasteiger partial charge in [0, 0.05) is 6.20 Å². The fourth-order valence-corrected chi connectivity index (χ4v) is 2.61. The molecule has 0 amide bonds. The van der Waals surface area contributed by atoms with Crippen LogP contribution in [0.2, 0.25) is 0 Å². The Hall–Kier alpha value is -2.29. The topological polar surface area (TPSA) is 43.3 Å². The Morgan fingerprint density at radius 3 is 2.55 bits per heavy atom. The first kappa shape index (κ1) is 12.7. The van der Waals surface area contributed by atoms with E-state index in [9.17, 15) is 0 Å². The molecule has 0 saturated heterocycles. The maximum atomic E-state index is 6.06. The van der Waals surface area contributed by atoms with Gasteiger partial charge in [-0.2, -0.15) is 0 Å². The first-order valence-corrected chi connectivity index (χ1v) is 6.93. The summed E-state index contributed by atoms with van der Waals surface area (Å²) in [6, 6.07) is 12.7. The predicted molar refractivity (Wildman–Crippen MR) is 82.9 cm³/mol. The fraction of sp³-hybridized carbons (Fsp3) is 0.235. The molecule has 20 heavy (non-hydrogen) atoms. The summed E-state index contributed by atoms with van der Waals surface area (Å²) >= 11 is 0. The van der Waals surface area contributed by atoms with Crippen LogP contribution in [0.15, 0.2) is 42.6 Å². The number of fused-ring (bicyclic) bond motifs is 1. The van der Waals surface area contributed by atoms with Gasteiger partial charge in [0.2, 0.25) is 0 Å². The zero-order valence-electron chi connectivity index (χ0n) is 11.9. The van der Waals surface area contributed by atoms with E-state index < -0.39 is 0 Å². The minimum atomic E-state index is 0.737. The van der Waals surface area contributed by atoms with Gasteiger partial charge in [0.1, 0.15) is 11.5 Å². The molecule has 102 valence electrons. The Morgan fingerprint density at radius 1 is 1.05 bits per heavy atom. The van der Waals surface area contributed by atoms with Crippen molar-refractivity contribution in [2.24, 2.45) is 0 Å². The minimum absolute atomic E-state index is 0.737. The third-order valence-corrected chi connectivity index (χ3v) is 3.86. The van der Waals surface area contributed by atoms with E-state index >= 15 is 0 Å². The monoisotopic (exact) mass is 265 g/mol. The lowest BCUT2D eigenvalue weighted by Gasteiger charge is -2.08. The molecule has 0 bridgehead atoms. The summed E-state index contributed by atoms with van der Waals surface area (Å²) in [6.45, 7) is 4.10. The van der Waals surface area contributed by atoms with Gasteiger partial charge in [0.15, 0.2) is 0 Å². The number of aromatic nitrogens is 2. The summed E-state index contributed by atoms with van der Waals surface area (Å²) < 4.78 is 1.99. The molecule has 0 spiro atoms. The Kier molecular flexibility index (Phi) is 3.18. The highest BCUT2D eigenvalue weighted by Crippen LogP contribution is 2.22. The van der Waals surface area contributed by atoms with E-state index in [-0.39, 0.29) is 0 Å². The number of pyridine rings is 1. The Labute approximate surface area is 119 Å². The van der Waals surface area contributed by atoms with Crippen LogP contribution in [0.1, 0.15) is 22.4 Å². The number of imidazole rings is 1. The van der Waals surface area contributed by atoms with E-state index in [0.29, 0.717) is 0 Å². The Balaban J connectivity index is 1.98. The van der Waals surface area contributed by atoms with Crippen molar-refractivity contribution >= 4 is 11.5 Å². The van der Waals surface area contributed by atoms with Crippen molar-refractivity contribution in [2.45, 2.75) is 26.7 Å². The summed E-state index contributed by atoms with van der Waals surface area (Å²) in [5.74, 6) is 0.737. The largest absolute Gasteiger partial charge is 0.383 e. The normalized spacial score (nSPS) is 11.1. The Bertz CT molecular complexity index is 742. The summed E-state index contributed by atoms with van der Waals surface area (Å²) in [5, 5.41) is 0. The van der Waals surface area contributed by atoms with Gasteiger partial charge in [-0.05, 0) is 49.4 Å². The van der Waals surface area contributed by atoms with Crippen LogP contribution < -0.4 is 5.73 Å². The van der Waals surface area contributed by atoms with Gasteiger partial charge in [-0.25, -0.2) is 4.98 Å². The van der Waals surface area contributed by atoms with Crippen LogP contribution in [0, 0.1) is 13.8 Å². The summed E-state index contributed by atoms with van der Waals surface area (Å²) in [6.07, 6.45) is 4.01. The second-order valence-corrected chi connectivity index (χ2v) is 5.24. The minimum Gasteiger partial charge on any atom is -0.383 e. The summed E-state index contributed by atoms with van der Waals surface area (Å²) in [5.41, 5.74) is 11.9. The number of nitrogens with zero attached hydrogens (tertiary/aromatic N) is 2. The number of rotatable bonds is 3. The zero-order valence-corrected chi connectivity index (χ0v) is 11.9. The smallest absolute Gasteiger partial charge is 0.142 e. The van der Waals surface area contributed by atoms with Crippen molar-refractivity contribution in [3.05, 3.63) is 65.0 Å². The molecule has 3 aromatic rings. The molecule has 2 heterocycles. The standard InChI is InChI=1S/C17H19N3/c1-12-10-11-20-16(18)13(2)19-17(20)15(12)9-8-14-6-4-3-5-7-14/h3-7,10-11H,8-9,18H2,1-2H3. The van der Waals surface area contributed by atoms with Crippen molar-refractivity contribution in [2.75, 3.05) is 5.73 Å². The molecule has 0 aliphatic rings. The third-order valence-electron chi connectivity index (χ3n) is 3.86. The molecule has 1 aromatic carbocycles. The lowest BCUT2D eigenvalue weighted by molar-refractivity contribution is 0.940. The SMILES string of the molecule is Cc1ccn2c(N)c(C)nc2c1CCc1ccccc1. The molecule has 3 rings (SSSR count). The molecule has 0 atom stereocenters. The van der Waals surface area contributed by atoms with E-state index in [1.54, 1.807) is 0 Å². The van der Waals surface area contributed by atoms with Crippen molar-refractivity contribution in [3.63, 3.8) is 0 Å². The number of hydrogen-bond acceptors (Lipinski definition) is 2. The van der Waals surface area contributed by atoms with Gasteiger partial charge in [-0.15, -0.1) is 0 Å². The van der Waals surface area contributed by atoms with Crippen LogP contribution >= 0.6 is 0 Å². The second kappa shape index (κ2) is 5.00. The van der Waals surface area contributed by atoms with Gasteiger partial charge >= 0.3 is 0 Å². The number of nitrogen functional groups attached to an aromatic ring is 1. The summed E-state index contributed by atoms with van der Waals surface area (Å²) in [7, 11) is 0. The molecule has 0 aliphatic heterocycles. The highest BCUT2D eigenvalue weighted by molar-refractivity contribution is 5.59. The molecule has 0 saturated carbocycles. The predicted octanol–water partition coefficient (Wildman–Crippen LogP) is 3.32. The number of anilines is 1. The van der Waals surface area contributed by atoms with Crippen LogP contribution in [0.25, 0.3) is 5.65 Å². The van der Waals surface area contributed by atoms with Crippen LogP contribution in [-0.2, 0) is 12.8 Å². The van der Waals surface area contributed by atoms with Gasteiger partial charge in [0.25, 0.3) is 0 Å². The number of nitrogens with two attached hydrogens (primary N) is 1. The number of aryl methyl sites for hydroxylation is 4. The zero-order chi connectivity index (χ0) is 14.1. The van der Waals surface area contributed by atoms with E-state index in [4.69, 9.17) is 5.73 Å². The highest BCUT2D eigenvalue weighted by Gasteiger charge is 2.11. The highest BCUT2D eigenvalue weighted by atomic mass is 15.1. The van der Waals surface area contributed by atoms with Crippen LogP contribution in [0.4, 0.5) is 5.82 Å². The quantitative estimate of drug-likeness (QED) is 0.789. The van der Waals surface area contributed by atoms with Gasteiger partial charge < -0.3 is 5.73 Å². The molecule has 0 unspecified atom stereocenters. The average Bonchev–Trinajstić information content (AvgIpc) is 2.75. The van der Waals surface area contributed by atoms with E-state index in [0.717, 1.165) is 30.0 Å². The lowest BCUT2D eigenvalue weighted by atomic mass is 10.0. The molecule has 0 fully saturated rings. The Morgan fingerprint density at radius 2 is 1.80 bits per heavy atom. The number of benzene rings is 1. The average molecular weight is 265 g/mol. The van der Waals surface area contributed by atoms with Gasteiger partial charge in [0.05, 0.1) is 5.69 Å². The van der Waals surface area contributed by atoms with Crippen LogP contribution in [-0.4, -0.2) is 9.38 Å². The second-order valence-electron chi connectivity index (χ2n) is 5.24. The molecule has 3 nitrogen and oxygen atoms in total. The molecule has 2 N–H and O–H groups in total. The first-order valence-electron chi connectivity index (χ1n) is 6.93. The van der Waals surface area contributed by atoms with Crippen LogP contribution in [0.5, 0.6) is 0 Å². The van der Waals surface area contributed by atoms with Crippen molar-refractivity contribution in [1.29, 1.82) is 0 Å². The van der Waals surface area contributed by atoms with Crippen LogP contribution in [0.3, 0.4) is 0 Å². The van der Waals surface area contributed by atoms with E-state index in [1.165, 1.54) is 16.7 Å². The third kappa shape index (κ3) is 2.16. The first-order chi connectivity index (χ1) is 9.66. The maximum Gasteiger partial charge on any atom is 0.142 e. The number of hydrogen-bond donors (Lipinski definition) is 1. The van der Waals surface area contributed by atoms with Crippen molar-refractivity contribution in [3.8, 4) is 0 Å². The van der Waals surface area contributed by atoms with Crippen molar-refractivity contribution < 1.29 is 0 Å². The molecule has 3 heteroatoms. The lowest BCUT2D eigenvalue weighted by Crippen LogP contribution is -2.00.